The van der Waals surface area contributed by atoms with E-state index in [1.54, 1.807) is 19.3 Å². The number of hydrogen-bond acceptors (Lipinski definition) is 4. The molecule has 0 unspecified atom stereocenters. The number of nitrogens with zero attached hydrogens (tertiary/aromatic N) is 1. The topological polar surface area (TPSA) is 54.0 Å². The first-order valence-corrected chi connectivity index (χ1v) is 6.61. The average molecular weight is 330 g/mol. The van der Waals surface area contributed by atoms with Crippen LogP contribution in [0.3, 0.4) is 0 Å². The maximum absolute atomic E-state index is 13.5. The van der Waals surface area contributed by atoms with Crippen LogP contribution in [0.5, 0.6) is 0 Å². The Labute approximate surface area is 115 Å². The number of anilines is 2. The maximum atomic E-state index is 13.5. The van der Waals surface area contributed by atoms with Gasteiger partial charge in [0.1, 0.15) is 5.82 Å². The molecule has 0 aliphatic carbocycles. The zero-order valence-electron chi connectivity index (χ0n) is 9.33. The van der Waals surface area contributed by atoms with Gasteiger partial charge in [-0.2, -0.15) is 0 Å². The molecule has 4 nitrogen and oxygen atoms in total. The van der Waals surface area contributed by atoms with Crippen LogP contribution in [0, 0.1) is 5.82 Å². The van der Waals surface area contributed by atoms with Gasteiger partial charge < -0.3 is 5.32 Å². The van der Waals surface area contributed by atoms with E-state index in [0.717, 1.165) is 3.79 Å². The van der Waals surface area contributed by atoms with Crippen molar-refractivity contribution in [3.63, 3.8) is 0 Å². The minimum Gasteiger partial charge on any atom is -0.385 e. The third-order valence-electron chi connectivity index (χ3n) is 2.21. The van der Waals surface area contributed by atoms with Gasteiger partial charge in [0.25, 0.3) is 5.91 Å². The summed E-state index contributed by atoms with van der Waals surface area (Å²) in [6, 6.07) is 4.33. The Morgan fingerprint density at radius 1 is 1.50 bits per heavy atom. The van der Waals surface area contributed by atoms with Crippen LogP contribution in [0.4, 0.5) is 15.2 Å². The minimum absolute atomic E-state index is 0.172. The number of rotatable bonds is 3. The second-order valence-corrected chi connectivity index (χ2v) is 5.75. The largest absolute Gasteiger partial charge is 0.385 e. The van der Waals surface area contributed by atoms with Crippen LogP contribution in [0.25, 0.3) is 0 Å². The lowest BCUT2D eigenvalue weighted by Crippen LogP contribution is -2.14. The molecule has 1 heterocycles. The molecule has 0 spiro atoms. The Bertz CT molecular complexity index is 587. The predicted molar refractivity (Wildman–Crippen MR) is 73.7 cm³/mol. The lowest BCUT2D eigenvalue weighted by Gasteiger charge is -2.08. The monoisotopic (exact) mass is 329 g/mol. The van der Waals surface area contributed by atoms with E-state index < -0.39 is 11.7 Å². The van der Waals surface area contributed by atoms with Gasteiger partial charge in [0.2, 0.25) is 0 Å². The summed E-state index contributed by atoms with van der Waals surface area (Å²) in [6.07, 6.45) is 1.59. The minimum atomic E-state index is -0.467. The second kappa shape index (κ2) is 5.45. The van der Waals surface area contributed by atoms with E-state index in [1.165, 1.54) is 23.5 Å². The SMILES string of the molecule is CNc1c(F)cccc1C(=O)Nc1ncc(Br)s1. The summed E-state index contributed by atoms with van der Waals surface area (Å²) < 4.78 is 14.3. The molecule has 2 aromatic rings. The van der Waals surface area contributed by atoms with E-state index in [2.05, 4.69) is 31.5 Å². The summed E-state index contributed by atoms with van der Waals surface area (Å²) in [6.45, 7) is 0. The zero-order valence-corrected chi connectivity index (χ0v) is 11.7. The molecule has 0 atom stereocenters. The molecule has 2 N–H and O–H groups in total. The molecule has 0 aliphatic heterocycles. The highest BCUT2D eigenvalue weighted by Gasteiger charge is 2.15. The number of carbonyl (C=O) groups excluding carboxylic acids is 1. The van der Waals surface area contributed by atoms with E-state index in [-0.39, 0.29) is 11.3 Å². The molecule has 1 aromatic heterocycles. The zero-order chi connectivity index (χ0) is 13.1. The van der Waals surface area contributed by atoms with Gasteiger partial charge in [0.05, 0.1) is 21.2 Å². The number of carbonyl (C=O) groups is 1. The standard InChI is InChI=1S/C11H9BrFN3OS/c1-14-9-6(3-2-4-7(9)13)10(17)16-11-15-5-8(12)18-11/h2-5,14H,1H3,(H,15,16,17). The highest BCUT2D eigenvalue weighted by Crippen LogP contribution is 2.25. The maximum Gasteiger partial charge on any atom is 0.259 e. The van der Waals surface area contributed by atoms with Crippen molar-refractivity contribution in [1.82, 2.24) is 4.98 Å². The van der Waals surface area contributed by atoms with Crippen LogP contribution in [0.2, 0.25) is 0 Å². The number of nitrogens with one attached hydrogen (secondary N) is 2. The van der Waals surface area contributed by atoms with Gasteiger partial charge in [-0.15, -0.1) is 0 Å². The molecular formula is C11H9BrFN3OS. The fourth-order valence-electron chi connectivity index (χ4n) is 1.44. The van der Waals surface area contributed by atoms with E-state index in [4.69, 9.17) is 0 Å². The number of aromatic nitrogens is 1. The Balaban J connectivity index is 2.26. The molecule has 0 bridgehead atoms. The van der Waals surface area contributed by atoms with Crippen molar-refractivity contribution >= 4 is 44.0 Å². The molecule has 0 fully saturated rings. The lowest BCUT2D eigenvalue weighted by molar-refractivity contribution is 0.102. The van der Waals surface area contributed by atoms with E-state index >= 15 is 0 Å². The average Bonchev–Trinajstić information content (AvgIpc) is 2.74. The third-order valence-corrected chi connectivity index (χ3v) is 3.60. The molecular weight excluding hydrogens is 321 g/mol. The van der Waals surface area contributed by atoms with Crippen LogP contribution in [0.15, 0.2) is 28.2 Å². The summed E-state index contributed by atoms with van der Waals surface area (Å²) in [4.78, 5) is 16.0. The Hall–Kier alpha value is -1.47. The quantitative estimate of drug-likeness (QED) is 0.908. The number of amides is 1. The molecule has 0 radical (unpaired) electrons. The summed E-state index contributed by atoms with van der Waals surface area (Å²) in [5, 5.41) is 5.74. The van der Waals surface area contributed by atoms with Gasteiger partial charge in [-0.05, 0) is 28.1 Å². The van der Waals surface area contributed by atoms with Crippen molar-refractivity contribution in [3.05, 3.63) is 39.6 Å². The summed E-state index contributed by atoms with van der Waals surface area (Å²) in [5.74, 6) is -0.869. The molecule has 18 heavy (non-hydrogen) atoms. The molecule has 1 amide bonds. The smallest absolute Gasteiger partial charge is 0.259 e. The molecule has 0 aliphatic rings. The Morgan fingerprint density at radius 2 is 2.28 bits per heavy atom. The first kappa shape index (κ1) is 13.0. The normalized spacial score (nSPS) is 10.2. The van der Waals surface area contributed by atoms with Gasteiger partial charge in [-0.1, -0.05) is 17.4 Å². The summed E-state index contributed by atoms with van der Waals surface area (Å²) in [5.41, 5.74) is 0.412. The predicted octanol–water partition coefficient (Wildman–Crippen LogP) is 3.34. The molecule has 2 rings (SSSR count). The molecule has 0 saturated carbocycles. The van der Waals surface area contributed by atoms with E-state index in [1.807, 2.05) is 0 Å². The van der Waals surface area contributed by atoms with Crippen molar-refractivity contribution in [3.8, 4) is 0 Å². The fourth-order valence-corrected chi connectivity index (χ4v) is 2.55. The van der Waals surface area contributed by atoms with E-state index in [0.29, 0.717) is 5.13 Å². The second-order valence-electron chi connectivity index (χ2n) is 3.34. The molecule has 0 saturated heterocycles. The number of hydrogen-bond donors (Lipinski definition) is 2. The highest BCUT2D eigenvalue weighted by molar-refractivity contribution is 9.11. The van der Waals surface area contributed by atoms with Crippen LogP contribution >= 0.6 is 27.3 Å². The highest BCUT2D eigenvalue weighted by atomic mass is 79.9. The van der Waals surface area contributed by atoms with Crippen molar-refractivity contribution in [1.29, 1.82) is 0 Å². The van der Waals surface area contributed by atoms with Gasteiger partial charge in [0.15, 0.2) is 5.13 Å². The summed E-state index contributed by atoms with van der Waals surface area (Å²) >= 11 is 4.54. The molecule has 94 valence electrons. The van der Waals surface area contributed by atoms with E-state index in [9.17, 15) is 9.18 Å². The van der Waals surface area contributed by atoms with Crippen molar-refractivity contribution in [2.75, 3.05) is 17.7 Å². The Kier molecular flexibility index (Phi) is 3.93. The van der Waals surface area contributed by atoms with Gasteiger partial charge in [-0.25, -0.2) is 9.37 Å². The lowest BCUT2D eigenvalue weighted by atomic mass is 10.1. The van der Waals surface area contributed by atoms with Crippen LogP contribution in [0.1, 0.15) is 10.4 Å². The molecule has 7 heteroatoms. The number of thiazole rings is 1. The van der Waals surface area contributed by atoms with Crippen LogP contribution in [-0.4, -0.2) is 17.9 Å². The Morgan fingerprint density at radius 3 is 2.89 bits per heavy atom. The number of halogens is 2. The summed E-state index contributed by atoms with van der Waals surface area (Å²) in [7, 11) is 1.56. The number of para-hydroxylation sites is 1. The first-order chi connectivity index (χ1) is 8.61. The van der Waals surface area contributed by atoms with Gasteiger partial charge in [-0.3, -0.25) is 10.1 Å². The van der Waals surface area contributed by atoms with Gasteiger partial charge in [0, 0.05) is 7.05 Å². The van der Waals surface area contributed by atoms with Crippen molar-refractivity contribution < 1.29 is 9.18 Å². The fraction of sp³-hybridized carbons (Fsp3) is 0.0909. The van der Waals surface area contributed by atoms with Crippen molar-refractivity contribution in [2.24, 2.45) is 0 Å². The number of benzene rings is 1. The molecule has 1 aromatic carbocycles. The first-order valence-electron chi connectivity index (χ1n) is 5.00. The van der Waals surface area contributed by atoms with Crippen molar-refractivity contribution in [2.45, 2.75) is 0 Å². The van der Waals surface area contributed by atoms with Crippen LogP contribution in [-0.2, 0) is 0 Å². The third kappa shape index (κ3) is 2.68. The van der Waals surface area contributed by atoms with Crippen LogP contribution < -0.4 is 10.6 Å². The van der Waals surface area contributed by atoms with Gasteiger partial charge >= 0.3 is 0 Å².